The first kappa shape index (κ1) is 11.5. The molecule has 0 spiro atoms. The zero-order valence-corrected chi connectivity index (χ0v) is 10.2. The molecule has 0 aromatic heterocycles. The highest BCUT2D eigenvalue weighted by Crippen LogP contribution is 2.31. The number of imide groups is 1. The molecule has 1 aliphatic rings. The van der Waals surface area contributed by atoms with Gasteiger partial charge < -0.3 is 0 Å². The first-order chi connectivity index (χ1) is 7.50. The van der Waals surface area contributed by atoms with E-state index >= 15 is 0 Å². The molecule has 1 aliphatic heterocycles. The molecule has 0 saturated carbocycles. The molecule has 1 saturated heterocycles. The van der Waals surface area contributed by atoms with Crippen LogP contribution in [-0.4, -0.2) is 17.2 Å². The second-order valence-electron chi connectivity index (χ2n) is 3.40. The van der Waals surface area contributed by atoms with Crippen molar-refractivity contribution in [3.05, 3.63) is 34.1 Å². The number of benzene rings is 1. The van der Waals surface area contributed by atoms with Gasteiger partial charge in [-0.25, -0.2) is 4.39 Å². The van der Waals surface area contributed by atoms with E-state index in [1.54, 1.807) is 6.07 Å². The van der Waals surface area contributed by atoms with Crippen LogP contribution < -0.4 is 5.32 Å². The lowest BCUT2D eigenvalue weighted by molar-refractivity contribution is -0.125. The van der Waals surface area contributed by atoms with E-state index in [-0.39, 0.29) is 5.56 Å². The van der Waals surface area contributed by atoms with E-state index in [0.29, 0.717) is 4.47 Å². The van der Waals surface area contributed by atoms with Crippen molar-refractivity contribution in [2.75, 3.05) is 0 Å². The van der Waals surface area contributed by atoms with Crippen molar-refractivity contribution in [3.8, 4) is 0 Å². The van der Waals surface area contributed by atoms with Crippen molar-refractivity contribution < 1.29 is 14.0 Å². The number of carbonyl (C=O) groups excluding carboxylic acids is 2. The zero-order chi connectivity index (χ0) is 11.9. The number of amides is 2. The van der Waals surface area contributed by atoms with Gasteiger partial charge in [-0.1, -0.05) is 22.0 Å². The quantitative estimate of drug-likeness (QED) is 0.636. The summed E-state index contributed by atoms with van der Waals surface area (Å²) >= 11 is 8.87. The van der Waals surface area contributed by atoms with Gasteiger partial charge in [0.25, 0.3) is 0 Å². The average Bonchev–Trinajstić information content (AvgIpc) is 2.43. The van der Waals surface area contributed by atoms with Gasteiger partial charge in [-0.3, -0.25) is 14.9 Å². The van der Waals surface area contributed by atoms with Gasteiger partial charge in [0.05, 0.1) is 5.92 Å². The highest BCUT2D eigenvalue weighted by Gasteiger charge is 2.42. The lowest BCUT2D eigenvalue weighted by Gasteiger charge is -2.10. The summed E-state index contributed by atoms with van der Waals surface area (Å²) in [7, 11) is 0. The summed E-state index contributed by atoms with van der Waals surface area (Å²) in [5, 5.41) is 1.02. The molecule has 6 heteroatoms. The first-order valence-corrected chi connectivity index (χ1v) is 5.67. The molecule has 16 heavy (non-hydrogen) atoms. The van der Waals surface area contributed by atoms with Crippen LogP contribution in [0.2, 0.25) is 0 Å². The van der Waals surface area contributed by atoms with E-state index in [0.717, 1.165) is 0 Å². The van der Waals surface area contributed by atoms with E-state index < -0.39 is 28.9 Å². The zero-order valence-electron chi connectivity index (χ0n) is 7.84. The Balaban J connectivity index is 2.44. The molecule has 84 valence electrons. The summed E-state index contributed by atoms with van der Waals surface area (Å²) in [6.45, 7) is 0. The van der Waals surface area contributed by atoms with E-state index in [9.17, 15) is 14.0 Å². The number of rotatable bonds is 1. The Morgan fingerprint density at radius 2 is 2.00 bits per heavy atom. The third-order valence-electron chi connectivity index (χ3n) is 2.37. The smallest absolute Gasteiger partial charge is 0.245 e. The van der Waals surface area contributed by atoms with E-state index in [2.05, 4.69) is 21.2 Å². The van der Waals surface area contributed by atoms with Crippen LogP contribution in [0.1, 0.15) is 11.5 Å². The summed E-state index contributed by atoms with van der Waals surface area (Å²) in [6, 6.07) is 4.27. The molecule has 1 heterocycles. The van der Waals surface area contributed by atoms with Crippen LogP contribution in [0.5, 0.6) is 0 Å². The number of hydrogen-bond acceptors (Lipinski definition) is 2. The van der Waals surface area contributed by atoms with Crippen molar-refractivity contribution >= 4 is 39.3 Å². The third-order valence-corrected chi connectivity index (χ3v) is 3.31. The maximum Gasteiger partial charge on any atom is 0.245 e. The van der Waals surface area contributed by atoms with Crippen molar-refractivity contribution in [3.63, 3.8) is 0 Å². The topological polar surface area (TPSA) is 46.2 Å². The molecule has 2 atom stereocenters. The second-order valence-corrected chi connectivity index (χ2v) is 4.78. The lowest BCUT2D eigenvalue weighted by Crippen LogP contribution is -2.22. The highest BCUT2D eigenvalue weighted by atomic mass is 79.9. The van der Waals surface area contributed by atoms with Gasteiger partial charge in [-0.05, 0) is 12.1 Å². The van der Waals surface area contributed by atoms with Gasteiger partial charge in [0, 0.05) is 10.0 Å². The molecular formula is C10H6BrClFNO2. The minimum absolute atomic E-state index is 0.131. The van der Waals surface area contributed by atoms with Crippen LogP contribution in [0.4, 0.5) is 4.39 Å². The molecule has 1 aromatic rings. The Labute approximate surface area is 104 Å². The van der Waals surface area contributed by atoms with Crippen LogP contribution in [0, 0.1) is 5.82 Å². The Morgan fingerprint density at radius 1 is 1.31 bits per heavy atom. The SMILES string of the molecule is O=C1NC(=O)C(c2ccc(Br)cc2F)C1Cl. The fourth-order valence-electron chi connectivity index (χ4n) is 1.61. The molecular weight excluding hydrogens is 300 g/mol. The van der Waals surface area contributed by atoms with E-state index in [1.165, 1.54) is 12.1 Å². The van der Waals surface area contributed by atoms with Crippen LogP contribution >= 0.6 is 27.5 Å². The average molecular weight is 307 g/mol. The normalized spacial score (nSPS) is 24.7. The minimum atomic E-state index is -1.05. The largest absolute Gasteiger partial charge is 0.295 e. The summed E-state index contributed by atoms with van der Waals surface area (Å²) < 4.78 is 14.2. The fraction of sp³-hybridized carbons (Fsp3) is 0.200. The second kappa shape index (κ2) is 4.14. The number of alkyl halides is 1. The van der Waals surface area contributed by atoms with Crippen molar-refractivity contribution in [2.45, 2.75) is 11.3 Å². The monoisotopic (exact) mass is 305 g/mol. The molecule has 1 fully saturated rings. The Bertz CT molecular complexity index is 480. The summed E-state index contributed by atoms with van der Waals surface area (Å²) in [5.41, 5.74) is 0.131. The molecule has 0 aliphatic carbocycles. The third kappa shape index (κ3) is 1.85. The van der Waals surface area contributed by atoms with Crippen LogP contribution in [0.3, 0.4) is 0 Å². The number of hydrogen-bond donors (Lipinski definition) is 1. The van der Waals surface area contributed by atoms with Gasteiger partial charge in [-0.2, -0.15) is 0 Å². The van der Waals surface area contributed by atoms with Crippen LogP contribution in [0.25, 0.3) is 0 Å². The molecule has 2 rings (SSSR count). The van der Waals surface area contributed by atoms with Gasteiger partial charge in [-0.15, -0.1) is 11.6 Å². The molecule has 2 amide bonds. The van der Waals surface area contributed by atoms with Crippen LogP contribution in [0.15, 0.2) is 22.7 Å². The first-order valence-electron chi connectivity index (χ1n) is 4.44. The summed E-state index contributed by atoms with van der Waals surface area (Å²) in [6.07, 6.45) is 0. The minimum Gasteiger partial charge on any atom is -0.295 e. The Morgan fingerprint density at radius 3 is 2.50 bits per heavy atom. The molecule has 2 unspecified atom stereocenters. The maximum atomic E-state index is 13.6. The van der Waals surface area contributed by atoms with E-state index in [4.69, 9.17) is 11.6 Å². The predicted molar refractivity (Wildman–Crippen MR) is 59.6 cm³/mol. The van der Waals surface area contributed by atoms with Crippen molar-refractivity contribution in [1.29, 1.82) is 0 Å². The summed E-state index contributed by atoms with van der Waals surface area (Å²) in [5.74, 6) is -2.66. The van der Waals surface area contributed by atoms with Crippen LogP contribution in [-0.2, 0) is 9.59 Å². The maximum absolute atomic E-state index is 13.6. The molecule has 3 nitrogen and oxygen atoms in total. The summed E-state index contributed by atoms with van der Waals surface area (Å²) in [4.78, 5) is 22.6. The Kier molecular flexibility index (Phi) is 2.99. The van der Waals surface area contributed by atoms with Gasteiger partial charge in [0.15, 0.2) is 0 Å². The number of carbonyl (C=O) groups is 2. The lowest BCUT2D eigenvalue weighted by atomic mass is 9.97. The molecule has 1 N–H and O–H groups in total. The van der Waals surface area contributed by atoms with Crippen molar-refractivity contribution in [1.82, 2.24) is 5.32 Å². The van der Waals surface area contributed by atoms with Gasteiger partial charge >= 0.3 is 0 Å². The molecule has 1 aromatic carbocycles. The van der Waals surface area contributed by atoms with E-state index in [1.807, 2.05) is 0 Å². The highest BCUT2D eigenvalue weighted by molar-refractivity contribution is 9.10. The van der Waals surface area contributed by atoms with Crippen molar-refractivity contribution in [2.24, 2.45) is 0 Å². The number of nitrogens with one attached hydrogen (secondary N) is 1. The number of halogens is 3. The van der Waals surface area contributed by atoms with Gasteiger partial charge in [0.1, 0.15) is 11.2 Å². The van der Waals surface area contributed by atoms with Gasteiger partial charge in [0.2, 0.25) is 11.8 Å². The molecule has 0 bridgehead atoms. The fourth-order valence-corrected chi connectivity index (χ4v) is 2.24. The predicted octanol–water partition coefficient (Wildman–Crippen LogP) is 1.94. The molecule has 0 radical (unpaired) electrons. The Hall–Kier alpha value is -0.940. The standard InChI is InChI=1S/C10H6BrClFNO2/c11-4-1-2-5(6(13)3-4)7-8(12)10(16)14-9(7)15/h1-3,7-8H,(H,14,15,16).